The first-order valence-corrected chi connectivity index (χ1v) is 7.13. The Bertz CT molecular complexity index is 289. The van der Waals surface area contributed by atoms with Crippen molar-refractivity contribution >= 4 is 5.91 Å². The molecule has 1 heterocycles. The van der Waals surface area contributed by atoms with Gasteiger partial charge in [0.05, 0.1) is 6.10 Å². The maximum absolute atomic E-state index is 12.0. The standard InChI is InChI=1S/C14H29N3O2/c1-14(2,3)16-13(18)8-11(9-15)17-7-5-6-12(10-17)19-4/h11-12H,5-10,15H2,1-4H3,(H,16,18). The van der Waals surface area contributed by atoms with Crippen LogP contribution in [0.2, 0.25) is 0 Å². The first-order valence-electron chi connectivity index (χ1n) is 7.13. The average Bonchev–Trinajstić information content (AvgIpc) is 2.34. The van der Waals surface area contributed by atoms with Gasteiger partial charge >= 0.3 is 0 Å². The van der Waals surface area contributed by atoms with Crippen LogP contribution >= 0.6 is 0 Å². The predicted molar refractivity (Wildman–Crippen MR) is 77.0 cm³/mol. The Kier molecular flexibility index (Phi) is 6.23. The van der Waals surface area contributed by atoms with Crippen LogP contribution < -0.4 is 11.1 Å². The van der Waals surface area contributed by atoms with Crippen LogP contribution in [0.4, 0.5) is 0 Å². The lowest BCUT2D eigenvalue weighted by Crippen LogP contribution is -2.51. The number of nitrogens with zero attached hydrogens (tertiary/aromatic N) is 1. The molecule has 112 valence electrons. The van der Waals surface area contributed by atoms with Gasteiger partial charge in [0.2, 0.25) is 5.91 Å². The molecule has 1 aliphatic heterocycles. The second-order valence-corrected chi connectivity index (χ2v) is 6.39. The molecule has 1 rings (SSSR count). The molecule has 1 aliphatic rings. The van der Waals surface area contributed by atoms with Crippen LogP contribution in [0.25, 0.3) is 0 Å². The highest BCUT2D eigenvalue weighted by molar-refractivity contribution is 5.77. The molecule has 1 amide bonds. The maximum atomic E-state index is 12.0. The van der Waals surface area contributed by atoms with Gasteiger partial charge in [-0.1, -0.05) is 0 Å². The van der Waals surface area contributed by atoms with Gasteiger partial charge in [-0.25, -0.2) is 0 Å². The van der Waals surface area contributed by atoms with E-state index < -0.39 is 0 Å². The third-order valence-corrected chi connectivity index (χ3v) is 3.47. The van der Waals surface area contributed by atoms with Crippen molar-refractivity contribution in [3.05, 3.63) is 0 Å². The van der Waals surface area contributed by atoms with E-state index in [4.69, 9.17) is 10.5 Å². The van der Waals surface area contributed by atoms with Gasteiger partial charge in [0, 0.05) is 38.2 Å². The van der Waals surface area contributed by atoms with Crippen LogP contribution in [0.1, 0.15) is 40.0 Å². The lowest BCUT2D eigenvalue weighted by Gasteiger charge is -2.37. The minimum atomic E-state index is -0.187. The first-order chi connectivity index (χ1) is 8.85. The van der Waals surface area contributed by atoms with E-state index in [1.54, 1.807) is 7.11 Å². The van der Waals surface area contributed by atoms with Gasteiger partial charge in [0.15, 0.2) is 0 Å². The lowest BCUT2D eigenvalue weighted by molar-refractivity contribution is -0.124. The second-order valence-electron chi connectivity index (χ2n) is 6.39. The number of amides is 1. The zero-order chi connectivity index (χ0) is 14.5. The molecule has 2 atom stereocenters. The molecular formula is C14H29N3O2. The third-order valence-electron chi connectivity index (χ3n) is 3.47. The van der Waals surface area contributed by atoms with E-state index in [0.717, 1.165) is 25.9 Å². The molecule has 5 nitrogen and oxygen atoms in total. The normalized spacial score (nSPS) is 23.1. The number of piperidine rings is 1. The highest BCUT2D eigenvalue weighted by atomic mass is 16.5. The van der Waals surface area contributed by atoms with Crippen molar-refractivity contribution in [3.8, 4) is 0 Å². The molecule has 5 heteroatoms. The van der Waals surface area contributed by atoms with E-state index in [0.29, 0.717) is 13.0 Å². The van der Waals surface area contributed by atoms with Gasteiger partial charge in [0.1, 0.15) is 0 Å². The second kappa shape index (κ2) is 7.22. The molecule has 19 heavy (non-hydrogen) atoms. The van der Waals surface area contributed by atoms with Gasteiger partial charge in [-0.3, -0.25) is 9.69 Å². The van der Waals surface area contributed by atoms with E-state index in [1.165, 1.54) is 0 Å². The number of likely N-dealkylation sites (tertiary alicyclic amines) is 1. The number of nitrogens with two attached hydrogens (primary N) is 1. The molecule has 0 saturated carbocycles. The first kappa shape index (κ1) is 16.4. The summed E-state index contributed by atoms with van der Waals surface area (Å²) in [6.45, 7) is 8.36. The fourth-order valence-corrected chi connectivity index (χ4v) is 2.54. The van der Waals surface area contributed by atoms with E-state index in [2.05, 4.69) is 10.2 Å². The summed E-state index contributed by atoms with van der Waals surface area (Å²) >= 11 is 0. The number of methoxy groups -OCH3 is 1. The molecular weight excluding hydrogens is 242 g/mol. The summed E-state index contributed by atoms with van der Waals surface area (Å²) in [6.07, 6.45) is 2.94. The van der Waals surface area contributed by atoms with Crippen molar-refractivity contribution in [3.63, 3.8) is 0 Å². The van der Waals surface area contributed by atoms with Gasteiger partial charge in [0.25, 0.3) is 0 Å². The summed E-state index contributed by atoms with van der Waals surface area (Å²) in [6, 6.07) is 0.111. The Morgan fingerprint density at radius 3 is 2.74 bits per heavy atom. The van der Waals surface area contributed by atoms with Crippen molar-refractivity contribution < 1.29 is 9.53 Å². The summed E-state index contributed by atoms with van der Waals surface area (Å²) in [5, 5.41) is 3.00. The zero-order valence-electron chi connectivity index (χ0n) is 12.7. The quantitative estimate of drug-likeness (QED) is 0.773. The molecule has 0 bridgehead atoms. The Hall–Kier alpha value is -0.650. The minimum absolute atomic E-state index is 0.0718. The van der Waals surface area contributed by atoms with Gasteiger partial charge < -0.3 is 15.8 Å². The third kappa shape index (κ3) is 5.89. The zero-order valence-corrected chi connectivity index (χ0v) is 12.7. The molecule has 0 aromatic heterocycles. The smallest absolute Gasteiger partial charge is 0.222 e. The number of hydrogen-bond donors (Lipinski definition) is 2. The number of carbonyl (C=O) groups excluding carboxylic acids is 1. The van der Waals surface area contributed by atoms with Crippen LogP contribution in [0.5, 0.6) is 0 Å². The van der Waals surface area contributed by atoms with Crippen molar-refractivity contribution in [2.24, 2.45) is 5.73 Å². The summed E-state index contributed by atoms with van der Waals surface area (Å²) in [7, 11) is 1.75. The van der Waals surface area contributed by atoms with Crippen LogP contribution in [-0.4, -0.2) is 55.2 Å². The molecule has 3 N–H and O–H groups in total. The van der Waals surface area contributed by atoms with Crippen molar-refractivity contribution in [1.29, 1.82) is 0 Å². The molecule has 1 fully saturated rings. The SMILES string of the molecule is COC1CCCN(C(CN)CC(=O)NC(C)(C)C)C1. The molecule has 1 saturated heterocycles. The maximum Gasteiger partial charge on any atom is 0.222 e. The molecule has 0 aromatic rings. The van der Waals surface area contributed by atoms with Crippen molar-refractivity contribution in [2.45, 2.75) is 57.7 Å². The average molecular weight is 271 g/mol. The largest absolute Gasteiger partial charge is 0.380 e. The van der Waals surface area contributed by atoms with E-state index in [1.807, 2.05) is 20.8 Å². The monoisotopic (exact) mass is 271 g/mol. The topological polar surface area (TPSA) is 67.6 Å². The molecule has 0 spiro atoms. The Labute approximate surface area is 116 Å². The van der Waals surface area contributed by atoms with E-state index in [-0.39, 0.29) is 23.6 Å². The van der Waals surface area contributed by atoms with Crippen molar-refractivity contribution in [1.82, 2.24) is 10.2 Å². The molecule has 0 aliphatic carbocycles. The Morgan fingerprint density at radius 1 is 1.53 bits per heavy atom. The summed E-state index contributed by atoms with van der Waals surface area (Å²) in [4.78, 5) is 14.3. The van der Waals surface area contributed by atoms with Crippen LogP contribution in [0, 0.1) is 0 Å². The number of carbonyl (C=O) groups is 1. The Balaban J connectivity index is 2.50. The lowest BCUT2D eigenvalue weighted by atomic mass is 10.0. The summed E-state index contributed by atoms with van der Waals surface area (Å²) < 4.78 is 5.42. The van der Waals surface area contributed by atoms with Crippen LogP contribution in [0.15, 0.2) is 0 Å². The van der Waals surface area contributed by atoms with Gasteiger partial charge in [-0.05, 0) is 40.2 Å². The highest BCUT2D eigenvalue weighted by Crippen LogP contribution is 2.16. The van der Waals surface area contributed by atoms with E-state index >= 15 is 0 Å². The molecule has 2 unspecified atom stereocenters. The molecule has 0 aromatic carbocycles. The van der Waals surface area contributed by atoms with Gasteiger partial charge in [-0.2, -0.15) is 0 Å². The van der Waals surface area contributed by atoms with Gasteiger partial charge in [-0.15, -0.1) is 0 Å². The van der Waals surface area contributed by atoms with Crippen molar-refractivity contribution in [2.75, 3.05) is 26.7 Å². The fourth-order valence-electron chi connectivity index (χ4n) is 2.54. The number of nitrogens with one attached hydrogen (secondary N) is 1. The fraction of sp³-hybridized carbons (Fsp3) is 0.929. The Morgan fingerprint density at radius 2 is 2.21 bits per heavy atom. The van der Waals surface area contributed by atoms with Crippen LogP contribution in [-0.2, 0) is 9.53 Å². The van der Waals surface area contributed by atoms with E-state index in [9.17, 15) is 4.79 Å². The summed E-state index contributed by atoms with van der Waals surface area (Å²) in [5.41, 5.74) is 5.65. The summed E-state index contributed by atoms with van der Waals surface area (Å²) in [5.74, 6) is 0.0718. The highest BCUT2D eigenvalue weighted by Gasteiger charge is 2.27. The number of ether oxygens (including phenoxy) is 1. The van der Waals surface area contributed by atoms with Crippen LogP contribution in [0.3, 0.4) is 0 Å². The minimum Gasteiger partial charge on any atom is -0.380 e. The molecule has 0 radical (unpaired) electrons. The number of hydrogen-bond acceptors (Lipinski definition) is 4. The number of rotatable bonds is 5. The predicted octanol–water partition coefficient (Wildman–Crippen LogP) is 0.729.